The Kier molecular flexibility index (Phi) is 7.67. The summed E-state index contributed by atoms with van der Waals surface area (Å²) < 4.78 is 6.84. The molecule has 0 spiro atoms. The number of nitrogens with one attached hydrogen (secondary N) is 1. The van der Waals surface area contributed by atoms with Crippen molar-refractivity contribution >= 4 is 28.6 Å². The van der Waals surface area contributed by atoms with E-state index in [9.17, 15) is 4.79 Å². The molecule has 7 nitrogen and oxygen atoms in total. The van der Waals surface area contributed by atoms with Crippen LogP contribution in [0, 0.1) is 0 Å². The maximum Gasteiger partial charge on any atom is 0.292 e. The summed E-state index contributed by atoms with van der Waals surface area (Å²) in [4.78, 5) is 16.7. The van der Waals surface area contributed by atoms with Gasteiger partial charge in [-0.1, -0.05) is 5.16 Å². The number of hydrogen-bond acceptors (Lipinski definition) is 6. The van der Waals surface area contributed by atoms with Gasteiger partial charge in [0.05, 0.1) is 24.6 Å². The first-order chi connectivity index (χ1) is 12.7. The molecule has 2 heterocycles. The van der Waals surface area contributed by atoms with E-state index < -0.39 is 0 Å². The average molecular weight is 496 g/mol. The highest BCUT2D eigenvalue weighted by molar-refractivity contribution is 7.14. The fourth-order valence-corrected chi connectivity index (χ4v) is 3.07. The Labute approximate surface area is 177 Å². The minimum absolute atomic E-state index is 0. The Bertz CT molecular complexity index is 928. The lowest BCUT2D eigenvalue weighted by Gasteiger charge is -2.01. The van der Waals surface area contributed by atoms with Crippen molar-refractivity contribution in [1.29, 1.82) is 0 Å². The van der Waals surface area contributed by atoms with E-state index in [1.807, 2.05) is 29.6 Å². The van der Waals surface area contributed by atoms with E-state index in [2.05, 4.69) is 15.5 Å². The van der Waals surface area contributed by atoms with Gasteiger partial charge in [0.1, 0.15) is 5.75 Å². The summed E-state index contributed by atoms with van der Waals surface area (Å²) in [5.41, 5.74) is 2.44. The van der Waals surface area contributed by atoms with Crippen molar-refractivity contribution in [3.05, 3.63) is 59.7 Å². The van der Waals surface area contributed by atoms with Crippen LogP contribution in [0.15, 0.2) is 59.3 Å². The monoisotopic (exact) mass is 496 g/mol. The molecule has 0 aliphatic carbocycles. The minimum Gasteiger partial charge on any atom is -1.00 e. The molecule has 0 saturated heterocycles. The van der Waals surface area contributed by atoms with Crippen LogP contribution in [0.3, 0.4) is 0 Å². The molecule has 0 radical (unpaired) electrons. The largest absolute Gasteiger partial charge is 1.00 e. The van der Waals surface area contributed by atoms with Gasteiger partial charge >= 0.3 is 0 Å². The van der Waals surface area contributed by atoms with Crippen LogP contribution in [0.2, 0.25) is 0 Å². The second kappa shape index (κ2) is 9.97. The average Bonchev–Trinajstić information content (AvgIpc) is 3.10. The van der Waals surface area contributed by atoms with E-state index in [0.29, 0.717) is 10.7 Å². The number of methoxy groups -OCH3 is 1. The van der Waals surface area contributed by atoms with E-state index in [1.165, 1.54) is 17.6 Å². The third-order valence-corrected chi connectivity index (χ3v) is 4.31. The van der Waals surface area contributed by atoms with Crippen molar-refractivity contribution in [1.82, 2.24) is 4.98 Å². The molecule has 2 aromatic heterocycles. The predicted molar refractivity (Wildman–Crippen MR) is 98.7 cm³/mol. The number of halogens is 1. The van der Waals surface area contributed by atoms with E-state index >= 15 is 0 Å². The Morgan fingerprint density at radius 2 is 2.15 bits per heavy atom. The van der Waals surface area contributed by atoms with Crippen LogP contribution in [0.5, 0.6) is 5.75 Å². The molecule has 0 bridgehead atoms. The van der Waals surface area contributed by atoms with Crippen LogP contribution in [-0.2, 0) is 11.3 Å². The molecule has 0 fully saturated rings. The second-order valence-electron chi connectivity index (χ2n) is 5.37. The first kappa shape index (κ1) is 20.8. The van der Waals surface area contributed by atoms with Crippen molar-refractivity contribution < 1.29 is 43.3 Å². The molecule has 3 aromatic rings. The molecule has 140 valence electrons. The molecule has 0 aliphatic heterocycles. The molecule has 0 saturated carbocycles. The maximum atomic E-state index is 12.2. The van der Waals surface area contributed by atoms with Crippen LogP contribution >= 0.6 is 11.3 Å². The summed E-state index contributed by atoms with van der Waals surface area (Å²) in [5.74, 6) is 0.590. The van der Waals surface area contributed by atoms with Gasteiger partial charge in [0, 0.05) is 17.0 Å². The highest BCUT2D eigenvalue weighted by Crippen LogP contribution is 2.26. The van der Waals surface area contributed by atoms with Crippen LogP contribution in [-0.4, -0.2) is 29.4 Å². The van der Waals surface area contributed by atoms with E-state index in [1.54, 1.807) is 36.2 Å². The predicted octanol–water partition coefficient (Wildman–Crippen LogP) is -0.443. The fourth-order valence-electron chi connectivity index (χ4n) is 2.33. The first-order valence-electron chi connectivity index (χ1n) is 7.74. The number of carbonyl (C=O) groups excluding carboxylic acids is 1. The number of hydrogen-bond donors (Lipinski definition) is 2. The van der Waals surface area contributed by atoms with Gasteiger partial charge < -0.3 is 33.9 Å². The molecule has 3 rings (SSSR count). The molecule has 2 N–H and O–H groups in total. The number of pyridine rings is 1. The molecule has 1 amide bonds. The summed E-state index contributed by atoms with van der Waals surface area (Å²) >= 11 is 1.37. The van der Waals surface area contributed by atoms with Gasteiger partial charge in [-0.15, -0.1) is 11.3 Å². The van der Waals surface area contributed by atoms with E-state index in [-0.39, 0.29) is 36.4 Å². The Hall–Kier alpha value is -2.53. The molecule has 0 unspecified atom stereocenters. The van der Waals surface area contributed by atoms with Gasteiger partial charge in [-0.25, -0.2) is 4.98 Å². The van der Waals surface area contributed by atoms with Crippen molar-refractivity contribution in [2.45, 2.75) is 6.54 Å². The molecule has 1 aromatic carbocycles. The summed E-state index contributed by atoms with van der Waals surface area (Å²) in [6.07, 6.45) is 4.78. The van der Waals surface area contributed by atoms with Crippen LogP contribution < -0.4 is 38.6 Å². The lowest BCUT2D eigenvalue weighted by atomic mass is 10.2. The number of benzene rings is 1. The van der Waals surface area contributed by atoms with Crippen molar-refractivity contribution in [3.63, 3.8) is 0 Å². The quantitative estimate of drug-likeness (QED) is 0.159. The standard InChI is InChI=1S/C18H16N4O3S.HI/c1-25-15-6-4-14(5-7-15)16-12-26-18(20-16)21-17(23)11-22-8-2-3-13(10-22)9-19-24;/h2-10,12H,11H2,1H3,(H-,20,21,23,24);1H/b19-9+;. The number of aromatic nitrogens is 2. The number of ether oxygens (including phenoxy) is 1. The second-order valence-corrected chi connectivity index (χ2v) is 6.23. The smallest absolute Gasteiger partial charge is 0.292 e. The number of thiazole rings is 1. The number of nitrogens with zero attached hydrogens (tertiary/aromatic N) is 3. The molecular formula is C18H17IN4O3S. The Morgan fingerprint density at radius 3 is 2.85 bits per heavy atom. The van der Waals surface area contributed by atoms with Crippen LogP contribution in [0.25, 0.3) is 11.3 Å². The molecule has 0 aliphatic rings. The third kappa shape index (κ3) is 5.73. The molecule has 27 heavy (non-hydrogen) atoms. The molecule has 0 atom stereocenters. The number of oxime groups is 1. The van der Waals surface area contributed by atoms with E-state index in [4.69, 9.17) is 9.94 Å². The lowest BCUT2D eigenvalue weighted by Crippen LogP contribution is -3.00. The highest BCUT2D eigenvalue weighted by Gasteiger charge is 2.13. The van der Waals surface area contributed by atoms with Gasteiger partial charge in [-0.2, -0.15) is 4.57 Å². The summed E-state index contributed by atoms with van der Waals surface area (Å²) in [6, 6.07) is 11.1. The number of carbonyl (C=O) groups is 1. The van der Waals surface area contributed by atoms with Crippen molar-refractivity contribution in [3.8, 4) is 17.0 Å². The molecule has 9 heteroatoms. The van der Waals surface area contributed by atoms with Gasteiger partial charge in [-0.05, 0) is 30.3 Å². The SMILES string of the molecule is COc1ccc(-c2csc(NC(=O)C[n+]3cccc(/C=N/O)c3)n2)cc1.[I-]. The normalized spacial score (nSPS) is 10.4. The van der Waals surface area contributed by atoms with Gasteiger partial charge in [0.15, 0.2) is 17.5 Å². The zero-order valence-electron chi connectivity index (χ0n) is 14.4. The minimum atomic E-state index is -0.191. The lowest BCUT2D eigenvalue weighted by molar-refractivity contribution is -0.684. The van der Waals surface area contributed by atoms with Crippen LogP contribution in [0.4, 0.5) is 5.13 Å². The van der Waals surface area contributed by atoms with Gasteiger partial charge in [0.2, 0.25) is 6.54 Å². The number of rotatable bonds is 6. The third-order valence-electron chi connectivity index (χ3n) is 3.55. The Balaban J connectivity index is 0.00000261. The van der Waals surface area contributed by atoms with E-state index in [0.717, 1.165) is 17.0 Å². The van der Waals surface area contributed by atoms with Gasteiger partial charge in [-0.3, -0.25) is 10.1 Å². The Morgan fingerprint density at radius 1 is 1.37 bits per heavy atom. The summed E-state index contributed by atoms with van der Waals surface area (Å²) in [5, 5.41) is 16.8. The van der Waals surface area contributed by atoms with Crippen LogP contribution in [0.1, 0.15) is 5.56 Å². The molecular weight excluding hydrogens is 479 g/mol. The number of anilines is 1. The number of amides is 1. The zero-order chi connectivity index (χ0) is 18.4. The van der Waals surface area contributed by atoms with Crippen molar-refractivity contribution in [2.24, 2.45) is 5.16 Å². The summed E-state index contributed by atoms with van der Waals surface area (Å²) in [6.45, 7) is 0.130. The fraction of sp³-hybridized carbons (Fsp3) is 0.111. The zero-order valence-corrected chi connectivity index (χ0v) is 17.3. The highest BCUT2D eigenvalue weighted by atomic mass is 127. The topological polar surface area (TPSA) is 87.7 Å². The maximum absolute atomic E-state index is 12.2. The summed E-state index contributed by atoms with van der Waals surface area (Å²) in [7, 11) is 1.62. The van der Waals surface area contributed by atoms with Gasteiger partial charge in [0.25, 0.3) is 5.91 Å². The van der Waals surface area contributed by atoms with Crippen molar-refractivity contribution in [2.75, 3.05) is 12.4 Å². The first-order valence-corrected chi connectivity index (χ1v) is 8.62.